The number of halogens is 1. The summed E-state index contributed by atoms with van der Waals surface area (Å²) in [5, 5.41) is 10.2. The smallest absolute Gasteiger partial charge is 0.122 e. The summed E-state index contributed by atoms with van der Waals surface area (Å²) >= 11 is 3.44. The zero-order valence-electron chi connectivity index (χ0n) is 11.4. The second-order valence-corrected chi connectivity index (χ2v) is 5.59. The molecule has 0 aliphatic heterocycles. The molecule has 3 nitrogen and oxygen atoms in total. The van der Waals surface area contributed by atoms with Gasteiger partial charge in [0.2, 0.25) is 0 Å². The van der Waals surface area contributed by atoms with Crippen molar-refractivity contribution in [2.45, 2.75) is 25.4 Å². The van der Waals surface area contributed by atoms with Gasteiger partial charge in [0, 0.05) is 22.8 Å². The van der Waals surface area contributed by atoms with Gasteiger partial charge in [-0.15, -0.1) is 0 Å². The molecule has 1 heterocycles. The first-order valence-electron chi connectivity index (χ1n) is 6.59. The molecule has 1 N–H and O–H groups in total. The third-order valence-electron chi connectivity index (χ3n) is 3.16. The molecule has 0 spiro atoms. The van der Waals surface area contributed by atoms with Gasteiger partial charge in [-0.05, 0) is 48.7 Å². The summed E-state index contributed by atoms with van der Waals surface area (Å²) in [5.74, 6) is 0.810. The summed E-state index contributed by atoms with van der Waals surface area (Å²) in [6.45, 7) is 0. The van der Waals surface area contributed by atoms with Gasteiger partial charge in [0.1, 0.15) is 5.75 Å². The van der Waals surface area contributed by atoms with Crippen molar-refractivity contribution >= 4 is 15.9 Å². The van der Waals surface area contributed by atoms with Crippen molar-refractivity contribution in [3.8, 4) is 5.75 Å². The highest BCUT2D eigenvalue weighted by Crippen LogP contribution is 2.24. The van der Waals surface area contributed by atoms with Crippen LogP contribution in [0.25, 0.3) is 0 Å². The minimum Gasteiger partial charge on any atom is -0.496 e. The summed E-state index contributed by atoms with van der Waals surface area (Å²) in [6, 6.07) is 11.7. The van der Waals surface area contributed by atoms with Crippen LogP contribution in [0.2, 0.25) is 0 Å². The van der Waals surface area contributed by atoms with Gasteiger partial charge in [-0.1, -0.05) is 22.0 Å². The normalized spacial score (nSPS) is 12.2. The number of nitrogens with zero attached hydrogens (tertiary/aromatic N) is 1. The standard InChI is InChI=1S/C16H18BrNO2/c1-20-16-8-5-13(17)10-12(16)11-15(19)7-6-14-4-2-3-9-18-14/h2-5,8-10,15,19H,6-7,11H2,1H3. The van der Waals surface area contributed by atoms with Crippen LogP contribution >= 0.6 is 15.9 Å². The summed E-state index contributed by atoms with van der Waals surface area (Å²) in [6.07, 6.45) is 3.42. The van der Waals surface area contributed by atoms with Gasteiger partial charge in [0.05, 0.1) is 13.2 Å². The van der Waals surface area contributed by atoms with Crippen LogP contribution in [0, 0.1) is 0 Å². The minimum atomic E-state index is -0.403. The van der Waals surface area contributed by atoms with Gasteiger partial charge >= 0.3 is 0 Å². The minimum absolute atomic E-state index is 0.403. The van der Waals surface area contributed by atoms with E-state index in [0.29, 0.717) is 12.8 Å². The number of ether oxygens (including phenoxy) is 1. The highest BCUT2D eigenvalue weighted by molar-refractivity contribution is 9.10. The zero-order chi connectivity index (χ0) is 14.4. The summed E-state index contributed by atoms with van der Waals surface area (Å²) in [4.78, 5) is 4.26. The fraction of sp³-hybridized carbons (Fsp3) is 0.312. The van der Waals surface area contributed by atoms with Gasteiger partial charge in [-0.2, -0.15) is 0 Å². The Morgan fingerprint density at radius 3 is 2.85 bits per heavy atom. The molecule has 20 heavy (non-hydrogen) atoms. The molecule has 1 aromatic heterocycles. The molecule has 0 saturated carbocycles. The molecule has 106 valence electrons. The molecule has 0 aliphatic carbocycles. The van der Waals surface area contributed by atoms with Crippen LogP contribution in [-0.2, 0) is 12.8 Å². The number of aliphatic hydroxyl groups is 1. The molecule has 2 rings (SSSR count). The molecule has 4 heteroatoms. The predicted octanol–water partition coefficient (Wildman–Crippen LogP) is 3.39. The first-order valence-corrected chi connectivity index (χ1v) is 7.38. The summed E-state index contributed by atoms with van der Waals surface area (Å²) in [5.41, 5.74) is 2.02. The van der Waals surface area contributed by atoms with Gasteiger partial charge < -0.3 is 9.84 Å². The van der Waals surface area contributed by atoms with Crippen LogP contribution in [0.1, 0.15) is 17.7 Å². The third kappa shape index (κ3) is 4.32. The lowest BCUT2D eigenvalue weighted by Crippen LogP contribution is -2.12. The largest absolute Gasteiger partial charge is 0.496 e. The maximum absolute atomic E-state index is 10.2. The molecule has 2 aromatic rings. The van der Waals surface area contributed by atoms with E-state index >= 15 is 0 Å². The van der Waals surface area contributed by atoms with Crippen molar-refractivity contribution < 1.29 is 9.84 Å². The maximum Gasteiger partial charge on any atom is 0.122 e. The molecule has 0 radical (unpaired) electrons. The van der Waals surface area contributed by atoms with Gasteiger partial charge in [0.15, 0.2) is 0 Å². The number of hydrogen-bond acceptors (Lipinski definition) is 3. The van der Waals surface area contributed by atoms with E-state index in [1.165, 1.54) is 0 Å². The maximum atomic E-state index is 10.2. The Hall–Kier alpha value is -1.39. The molecule has 0 amide bonds. The van der Waals surface area contributed by atoms with Gasteiger partial charge in [-0.3, -0.25) is 4.98 Å². The van der Waals surface area contributed by atoms with Crippen LogP contribution in [0.3, 0.4) is 0 Å². The van der Waals surface area contributed by atoms with E-state index in [1.54, 1.807) is 13.3 Å². The number of aromatic nitrogens is 1. The Balaban J connectivity index is 1.94. The van der Waals surface area contributed by atoms with E-state index in [2.05, 4.69) is 20.9 Å². The third-order valence-corrected chi connectivity index (χ3v) is 3.65. The van der Waals surface area contributed by atoms with Gasteiger partial charge in [-0.25, -0.2) is 0 Å². The SMILES string of the molecule is COc1ccc(Br)cc1CC(O)CCc1ccccn1. The average molecular weight is 336 g/mol. The van der Waals surface area contributed by atoms with Crippen LogP contribution in [0.4, 0.5) is 0 Å². The van der Waals surface area contributed by atoms with E-state index in [4.69, 9.17) is 4.74 Å². The van der Waals surface area contributed by atoms with Crippen molar-refractivity contribution in [1.29, 1.82) is 0 Å². The number of aryl methyl sites for hydroxylation is 1. The average Bonchev–Trinajstić information content (AvgIpc) is 2.46. The van der Waals surface area contributed by atoms with Crippen molar-refractivity contribution in [2.75, 3.05) is 7.11 Å². The first-order chi connectivity index (χ1) is 9.69. The van der Waals surface area contributed by atoms with Crippen LogP contribution < -0.4 is 4.74 Å². The van der Waals surface area contributed by atoms with E-state index in [1.807, 2.05) is 36.4 Å². The van der Waals surface area contributed by atoms with Crippen LogP contribution in [-0.4, -0.2) is 23.3 Å². The molecular formula is C16H18BrNO2. The lowest BCUT2D eigenvalue weighted by Gasteiger charge is -2.13. The van der Waals surface area contributed by atoms with Crippen LogP contribution in [0.5, 0.6) is 5.75 Å². The summed E-state index contributed by atoms with van der Waals surface area (Å²) < 4.78 is 6.31. The van der Waals surface area contributed by atoms with Crippen molar-refractivity contribution in [3.63, 3.8) is 0 Å². The predicted molar refractivity (Wildman–Crippen MR) is 83.0 cm³/mol. The molecule has 0 aliphatic rings. The molecule has 0 saturated heterocycles. The Bertz CT molecular complexity index is 545. The number of benzene rings is 1. The lowest BCUT2D eigenvalue weighted by molar-refractivity contribution is 0.163. The van der Waals surface area contributed by atoms with E-state index in [0.717, 1.165) is 27.9 Å². The number of hydrogen-bond donors (Lipinski definition) is 1. The highest BCUT2D eigenvalue weighted by Gasteiger charge is 2.11. The fourth-order valence-corrected chi connectivity index (χ4v) is 2.53. The number of methoxy groups -OCH3 is 1. The fourth-order valence-electron chi connectivity index (χ4n) is 2.12. The Morgan fingerprint density at radius 2 is 2.15 bits per heavy atom. The molecule has 1 aromatic carbocycles. The monoisotopic (exact) mass is 335 g/mol. The van der Waals surface area contributed by atoms with Crippen molar-refractivity contribution in [1.82, 2.24) is 4.98 Å². The van der Waals surface area contributed by atoms with Crippen molar-refractivity contribution in [3.05, 3.63) is 58.3 Å². The number of rotatable bonds is 6. The topological polar surface area (TPSA) is 42.4 Å². The molecule has 1 unspecified atom stereocenters. The Kier molecular flexibility index (Phi) is 5.56. The number of aliphatic hydroxyl groups excluding tert-OH is 1. The van der Waals surface area contributed by atoms with E-state index in [-0.39, 0.29) is 0 Å². The Labute approximate surface area is 127 Å². The number of pyridine rings is 1. The second-order valence-electron chi connectivity index (χ2n) is 4.67. The first kappa shape index (κ1) is 15.0. The Morgan fingerprint density at radius 1 is 1.30 bits per heavy atom. The lowest BCUT2D eigenvalue weighted by atomic mass is 10.0. The quantitative estimate of drug-likeness (QED) is 0.879. The van der Waals surface area contributed by atoms with Crippen LogP contribution in [0.15, 0.2) is 47.1 Å². The second kappa shape index (κ2) is 7.41. The summed E-state index contributed by atoms with van der Waals surface area (Å²) in [7, 11) is 1.65. The molecule has 1 atom stereocenters. The molecule has 0 fully saturated rings. The van der Waals surface area contributed by atoms with Gasteiger partial charge in [0.25, 0.3) is 0 Å². The van der Waals surface area contributed by atoms with E-state index < -0.39 is 6.10 Å². The zero-order valence-corrected chi connectivity index (χ0v) is 13.0. The molecular weight excluding hydrogens is 318 g/mol. The highest BCUT2D eigenvalue weighted by atomic mass is 79.9. The van der Waals surface area contributed by atoms with E-state index in [9.17, 15) is 5.11 Å². The molecule has 0 bridgehead atoms. The van der Waals surface area contributed by atoms with Crippen molar-refractivity contribution in [2.24, 2.45) is 0 Å².